The Morgan fingerprint density at radius 1 is 1.25 bits per heavy atom. The number of nitrogens with zero attached hydrogens (tertiary/aromatic N) is 1. The molecule has 1 amide bonds. The van der Waals surface area contributed by atoms with E-state index in [-0.39, 0.29) is 24.0 Å². The molecule has 1 aromatic heterocycles. The van der Waals surface area contributed by atoms with E-state index in [4.69, 9.17) is 4.74 Å². The summed E-state index contributed by atoms with van der Waals surface area (Å²) in [5, 5.41) is 13.0. The largest absolute Gasteiger partial charge is 0.507 e. The van der Waals surface area contributed by atoms with Gasteiger partial charge in [-0.2, -0.15) is 0 Å². The summed E-state index contributed by atoms with van der Waals surface area (Å²) in [7, 11) is 0. The molecule has 0 radical (unpaired) electrons. The molecule has 1 aliphatic rings. The van der Waals surface area contributed by atoms with Crippen molar-refractivity contribution < 1.29 is 19.4 Å². The van der Waals surface area contributed by atoms with Crippen LogP contribution in [0.2, 0.25) is 0 Å². The number of aliphatic hydroxyl groups excluding tert-OH is 1. The van der Waals surface area contributed by atoms with Gasteiger partial charge >= 0.3 is 0 Å². The van der Waals surface area contributed by atoms with Gasteiger partial charge in [0.1, 0.15) is 5.76 Å². The van der Waals surface area contributed by atoms with Crippen LogP contribution < -0.4 is 0 Å². The van der Waals surface area contributed by atoms with Crippen LogP contribution >= 0.6 is 11.3 Å². The first-order chi connectivity index (χ1) is 13.3. The van der Waals surface area contributed by atoms with Crippen LogP contribution in [0.3, 0.4) is 0 Å². The van der Waals surface area contributed by atoms with E-state index in [0.717, 1.165) is 16.0 Å². The second-order valence-corrected chi connectivity index (χ2v) is 8.23. The van der Waals surface area contributed by atoms with Crippen LogP contribution in [0.5, 0.6) is 0 Å². The predicted molar refractivity (Wildman–Crippen MR) is 110 cm³/mol. The lowest BCUT2D eigenvalue weighted by Gasteiger charge is -2.24. The molecule has 0 spiro atoms. The molecule has 0 aliphatic carbocycles. The molecule has 1 fully saturated rings. The summed E-state index contributed by atoms with van der Waals surface area (Å²) >= 11 is 1.46. The number of likely N-dealkylation sites (tertiary alicyclic amines) is 1. The Balaban J connectivity index is 2.09. The van der Waals surface area contributed by atoms with Gasteiger partial charge in [-0.05, 0) is 50.8 Å². The van der Waals surface area contributed by atoms with Gasteiger partial charge in [-0.1, -0.05) is 23.8 Å². The van der Waals surface area contributed by atoms with Crippen molar-refractivity contribution in [2.24, 2.45) is 0 Å². The zero-order valence-corrected chi connectivity index (χ0v) is 17.4. The van der Waals surface area contributed by atoms with Crippen LogP contribution in [-0.2, 0) is 14.3 Å². The molecule has 1 unspecified atom stereocenters. The zero-order valence-electron chi connectivity index (χ0n) is 16.6. The Morgan fingerprint density at radius 2 is 2.00 bits per heavy atom. The molecule has 0 saturated carbocycles. The van der Waals surface area contributed by atoms with Gasteiger partial charge < -0.3 is 14.7 Å². The number of hydrogen-bond donors (Lipinski definition) is 1. The number of aryl methyl sites for hydroxylation is 2. The van der Waals surface area contributed by atoms with E-state index in [2.05, 4.69) is 0 Å². The van der Waals surface area contributed by atoms with Crippen LogP contribution in [0.4, 0.5) is 0 Å². The number of hydrogen-bond acceptors (Lipinski definition) is 5. The number of Topliss-reactive ketones (excluding diaryl/α,β-unsaturated/α-hetero) is 1. The molecule has 1 aromatic carbocycles. The fourth-order valence-electron chi connectivity index (χ4n) is 3.38. The maximum absolute atomic E-state index is 12.9. The van der Waals surface area contributed by atoms with E-state index in [1.54, 1.807) is 0 Å². The lowest BCUT2D eigenvalue weighted by molar-refractivity contribution is -0.140. The van der Waals surface area contributed by atoms with E-state index in [9.17, 15) is 14.7 Å². The highest BCUT2D eigenvalue weighted by Crippen LogP contribution is 2.41. The maximum atomic E-state index is 12.9. The predicted octanol–water partition coefficient (Wildman–Crippen LogP) is 4.21. The number of thiophene rings is 1. The highest BCUT2D eigenvalue weighted by atomic mass is 32.1. The second-order valence-electron chi connectivity index (χ2n) is 7.25. The fourth-order valence-corrected chi connectivity index (χ4v) is 4.22. The van der Waals surface area contributed by atoms with Crippen molar-refractivity contribution in [3.8, 4) is 0 Å². The third kappa shape index (κ3) is 3.88. The van der Waals surface area contributed by atoms with Gasteiger partial charge in [0, 0.05) is 17.0 Å². The molecular weight excluding hydrogens is 374 g/mol. The van der Waals surface area contributed by atoms with Crippen molar-refractivity contribution in [3.63, 3.8) is 0 Å². The van der Waals surface area contributed by atoms with Crippen LogP contribution in [0.15, 0.2) is 41.3 Å². The van der Waals surface area contributed by atoms with E-state index < -0.39 is 17.7 Å². The molecule has 0 bridgehead atoms. The molecule has 1 atom stereocenters. The van der Waals surface area contributed by atoms with E-state index in [0.29, 0.717) is 12.2 Å². The van der Waals surface area contributed by atoms with E-state index in [1.165, 1.54) is 16.2 Å². The van der Waals surface area contributed by atoms with Crippen LogP contribution in [0.25, 0.3) is 5.76 Å². The van der Waals surface area contributed by atoms with Crippen LogP contribution in [0, 0.1) is 13.8 Å². The maximum Gasteiger partial charge on any atom is 0.295 e. The molecule has 2 aromatic rings. The number of ether oxygens (including phenoxy) is 1. The van der Waals surface area contributed by atoms with Crippen molar-refractivity contribution in [2.45, 2.75) is 39.8 Å². The van der Waals surface area contributed by atoms with Gasteiger partial charge in [-0.3, -0.25) is 9.59 Å². The summed E-state index contributed by atoms with van der Waals surface area (Å²) in [5.74, 6) is -1.37. The molecule has 3 rings (SSSR count). The molecule has 1 N–H and O–H groups in total. The Labute approximate surface area is 169 Å². The standard InChI is InChI=1S/C22H25NO4S/c1-13(2)27-10-9-23-19(17-6-5-11-28-17)18(21(25)22(23)26)20(24)16-12-14(3)7-8-15(16)4/h5-8,11-13,19,24H,9-10H2,1-4H3/b20-18-. The monoisotopic (exact) mass is 399 g/mol. The number of amides is 1. The Bertz CT molecular complexity index is 915. The van der Waals surface area contributed by atoms with Crippen molar-refractivity contribution in [3.05, 3.63) is 62.9 Å². The average Bonchev–Trinajstić information content (AvgIpc) is 3.25. The zero-order chi connectivity index (χ0) is 20.4. The molecule has 28 heavy (non-hydrogen) atoms. The summed E-state index contributed by atoms with van der Waals surface area (Å²) in [6.45, 7) is 8.26. The van der Waals surface area contributed by atoms with Crippen molar-refractivity contribution >= 4 is 28.8 Å². The van der Waals surface area contributed by atoms with Gasteiger partial charge in [-0.25, -0.2) is 0 Å². The van der Waals surface area contributed by atoms with Gasteiger partial charge in [0.2, 0.25) is 0 Å². The van der Waals surface area contributed by atoms with Gasteiger partial charge in [0.05, 0.1) is 24.3 Å². The molecule has 1 saturated heterocycles. The van der Waals surface area contributed by atoms with Crippen LogP contribution in [-0.4, -0.2) is 41.0 Å². The van der Waals surface area contributed by atoms with Gasteiger partial charge in [0.25, 0.3) is 11.7 Å². The molecule has 148 valence electrons. The summed E-state index contributed by atoms with van der Waals surface area (Å²) in [5.41, 5.74) is 2.55. The minimum Gasteiger partial charge on any atom is -0.507 e. The molecule has 2 heterocycles. The fraction of sp³-hybridized carbons (Fsp3) is 0.364. The Morgan fingerprint density at radius 3 is 2.64 bits per heavy atom. The normalized spacial score (nSPS) is 19.0. The quantitative estimate of drug-likeness (QED) is 0.449. The lowest BCUT2D eigenvalue weighted by atomic mass is 9.96. The molecule has 5 nitrogen and oxygen atoms in total. The van der Waals surface area contributed by atoms with Crippen molar-refractivity contribution in [1.82, 2.24) is 4.90 Å². The summed E-state index contributed by atoms with van der Waals surface area (Å²) in [4.78, 5) is 28.0. The van der Waals surface area contributed by atoms with Gasteiger partial charge in [-0.15, -0.1) is 11.3 Å². The number of benzene rings is 1. The number of ketones is 1. The molecule has 1 aliphatic heterocycles. The Kier molecular flexibility index (Phi) is 6.01. The summed E-state index contributed by atoms with van der Waals surface area (Å²) in [6, 6.07) is 8.85. The minimum atomic E-state index is -0.652. The number of aliphatic hydroxyl groups is 1. The van der Waals surface area contributed by atoms with E-state index in [1.807, 2.05) is 63.4 Å². The number of carbonyl (C=O) groups excluding carboxylic acids is 2. The highest BCUT2D eigenvalue weighted by molar-refractivity contribution is 7.10. The smallest absolute Gasteiger partial charge is 0.295 e. The number of carbonyl (C=O) groups is 2. The molecule has 6 heteroatoms. The van der Waals surface area contributed by atoms with Crippen molar-refractivity contribution in [2.75, 3.05) is 13.2 Å². The third-order valence-electron chi connectivity index (χ3n) is 4.78. The lowest BCUT2D eigenvalue weighted by Crippen LogP contribution is -2.33. The molecular formula is C22H25NO4S. The van der Waals surface area contributed by atoms with E-state index >= 15 is 0 Å². The first-order valence-electron chi connectivity index (χ1n) is 9.32. The SMILES string of the molecule is Cc1ccc(C)c(/C(O)=C2/C(=O)C(=O)N(CCOC(C)C)C2c2cccs2)c1. The third-order valence-corrected chi connectivity index (χ3v) is 5.71. The highest BCUT2D eigenvalue weighted by Gasteiger charge is 2.46. The van der Waals surface area contributed by atoms with Crippen LogP contribution in [0.1, 0.15) is 41.5 Å². The first-order valence-corrected chi connectivity index (χ1v) is 10.2. The second kappa shape index (κ2) is 8.29. The average molecular weight is 400 g/mol. The van der Waals surface area contributed by atoms with Crippen molar-refractivity contribution in [1.29, 1.82) is 0 Å². The summed E-state index contributed by atoms with van der Waals surface area (Å²) in [6.07, 6.45) is 0.0342. The summed E-state index contributed by atoms with van der Waals surface area (Å²) < 4.78 is 5.59. The minimum absolute atomic E-state index is 0.0342. The first kappa shape index (κ1) is 20.3. The number of rotatable bonds is 6. The topological polar surface area (TPSA) is 66.8 Å². The Hall–Kier alpha value is -2.44. The van der Waals surface area contributed by atoms with Gasteiger partial charge in [0.15, 0.2) is 0 Å².